The largest absolute Gasteiger partial charge is 0.454 e. The summed E-state index contributed by atoms with van der Waals surface area (Å²) in [5.41, 5.74) is 4.59. The fourth-order valence-corrected chi connectivity index (χ4v) is 5.14. The van der Waals surface area contributed by atoms with Crippen molar-refractivity contribution in [3.63, 3.8) is 0 Å². The lowest BCUT2D eigenvalue weighted by Gasteiger charge is -2.38. The van der Waals surface area contributed by atoms with Crippen LogP contribution < -0.4 is 14.8 Å². The van der Waals surface area contributed by atoms with Crippen molar-refractivity contribution in [3.05, 3.63) is 71.1 Å². The zero-order valence-corrected chi connectivity index (χ0v) is 20.5. The summed E-state index contributed by atoms with van der Waals surface area (Å²) in [6.45, 7) is 5.85. The van der Waals surface area contributed by atoms with Crippen LogP contribution in [0.1, 0.15) is 44.2 Å². The summed E-state index contributed by atoms with van der Waals surface area (Å²) in [5.74, 6) is 0.829. The van der Waals surface area contributed by atoms with E-state index in [1.165, 1.54) is 4.90 Å². The molecule has 184 valence electrons. The smallest absolute Gasteiger partial charge is 0.417 e. The zero-order valence-electron chi connectivity index (χ0n) is 20.5. The first-order valence-electron chi connectivity index (χ1n) is 12.1. The average molecular weight is 486 g/mol. The Balaban J connectivity index is 1.44. The lowest BCUT2D eigenvalue weighted by molar-refractivity contribution is -0.127. The summed E-state index contributed by atoms with van der Waals surface area (Å²) in [6.07, 6.45) is 2.24. The molecule has 4 heterocycles. The van der Waals surface area contributed by atoms with Crippen LogP contribution in [0.5, 0.6) is 11.5 Å². The number of anilines is 1. The normalized spacial score (nSPS) is 18.6. The summed E-state index contributed by atoms with van der Waals surface area (Å²) in [6, 6.07) is 13.8. The van der Waals surface area contributed by atoms with E-state index in [0.717, 1.165) is 33.4 Å². The highest BCUT2D eigenvalue weighted by molar-refractivity contribution is 6.07. The summed E-state index contributed by atoms with van der Waals surface area (Å²) in [5, 5.41) is 4.53. The molecule has 2 aromatic carbocycles. The molecular formula is C28H27N3O5. The van der Waals surface area contributed by atoms with Gasteiger partial charge in [0.15, 0.2) is 11.5 Å². The Kier molecular flexibility index (Phi) is 5.14. The molecule has 0 bridgehead atoms. The number of benzene rings is 2. The quantitative estimate of drug-likeness (QED) is 0.538. The van der Waals surface area contributed by atoms with Crippen LogP contribution >= 0.6 is 0 Å². The topological polar surface area (TPSA) is 90.0 Å². The fraction of sp³-hybridized carbons (Fsp3) is 0.321. The van der Waals surface area contributed by atoms with Gasteiger partial charge in [-0.05, 0) is 68.7 Å². The molecule has 3 aromatic rings. The number of nitrogens with zero attached hydrogens (tertiary/aromatic N) is 2. The second-order valence-corrected chi connectivity index (χ2v) is 10.2. The first-order valence-corrected chi connectivity index (χ1v) is 12.1. The number of hydrogen-bond acceptors (Lipinski definition) is 7. The van der Waals surface area contributed by atoms with Gasteiger partial charge in [0, 0.05) is 41.7 Å². The highest BCUT2D eigenvalue weighted by atomic mass is 16.7. The maximum atomic E-state index is 13.8. The maximum absolute atomic E-state index is 13.8. The molecule has 0 spiro atoms. The molecule has 1 atom stereocenters. The second-order valence-electron chi connectivity index (χ2n) is 10.2. The van der Waals surface area contributed by atoms with E-state index < -0.39 is 11.7 Å². The van der Waals surface area contributed by atoms with E-state index in [-0.39, 0.29) is 25.2 Å². The number of pyridine rings is 1. The third-order valence-corrected chi connectivity index (χ3v) is 6.69. The van der Waals surface area contributed by atoms with E-state index in [2.05, 4.69) is 10.3 Å². The molecule has 0 aliphatic carbocycles. The predicted molar refractivity (Wildman–Crippen MR) is 134 cm³/mol. The Morgan fingerprint density at radius 1 is 1.17 bits per heavy atom. The van der Waals surface area contributed by atoms with Crippen molar-refractivity contribution in [2.45, 2.75) is 45.1 Å². The molecule has 0 saturated heterocycles. The molecule has 1 N–H and O–H groups in total. The Morgan fingerprint density at radius 3 is 2.83 bits per heavy atom. The molecule has 1 unspecified atom stereocenters. The molecule has 8 nitrogen and oxygen atoms in total. The molecule has 8 heteroatoms. The van der Waals surface area contributed by atoms with Crippen molar-refractivity contribution in [2.24, 2.45) is 0 Å². The number of rotatable bonds is 2. The second kappa shape index (κ2) is 8.26. The standard InChI is InChI=1S/C28H27N3O5/c1-28(2,3)36-27(33)31-12-10-21-24(26(31)32)19(13-16-6-9-22-23(14-16)35-15-34-22)17-7-8-20-18(25(17)30-21)5-4-11-29-20/h4-9,11,14,19,30H,10,12-13,15H2,1-3H3. The Morgan fingerprint density at radius 2 is 2.00 bits per heavy atom. The van der Waals surface area contributed by atoms with Gasteiger partial charge >= 0.3 is 6.09 Å². The number of amides is 2. The third kappa shape index (κ3) is 3.82. The van der Waals surface area contributed by atoms with Crippen LogP contribution in [0.2, 0.25) is 0 Å². The summed E-state index contributed by atoms with van der Waals surface area (Å²) < 4.78 is 16.6. The SMILES string of the molecule is CC(C)(C)OC(=O)N1CCC2=C(C1=O)C(Cc1ccc3c(c1)OCO3)c1ccc3ncccc3c1N2. The minimum Gasteiger partial charge on any atom is -0.454 e. The van der Waals surface area contributed by atoms with Crippen LogP contribution in [0.25, 0.3) is 10.9 Å². The summed E-state index contributed by atoms with van der Waals surface area (Å²) in [4.78, 5) is 32.5. The molecule has 3 aliphatic heterocycles. The van der Waals surface area contributed by atoms with Gasteiger partial charge in [0.25, 0.3) is 5.91 Å². The first-order chi connectivity index (χ1) is 17.3. The van der Waals surface area contributed by atoms with Gasteiger partial charge in [0.1, 0.15) is 5.60 Å². The van der Waals surface area contributed by atoms with Gasteiger partial charge in [-0.1, -0.05) is 12.1 Å². The van der Waals surface area contributed by atoms with Crippen LogP contribution in [0.4, 0.5) is 10.5 Å². The number of imide groups is 1. The number of ether oxygens (including phenoxy) is 3. The van der Waals surface area contributed by atoms with Crippen molar-refractivity contribution < 1.29 is 23.8 Å². The molecule has 1 aromatic heterocycles. The van der Waals surface area contributed by atoms with Gasteiger partial charge in [0.05, 0.1) is 11.2 Å². The Labute approximate surface area is 208 Å². The van der Waals surface area contributed by atoms with E-state index >= 15 is 0 Å². The van der Waals surface area contributed by atoms with Gasteiger partial charge in [-0.3, -0.25) is 9.78 Å². The highest BCUT2D eigenvalue weighted by Crippen LogP contribution is 2.46. The summed E-state index contributed by atoms with van der Waals surface area (Å²) in [7, 11) is 0. The minimum atomic E-state index is -0.693. The molecule has 0 fully saturated rings. The number of aromatic nitrogens is 1. The lowest BCUT2D eigenvalue weighted by atomic mass is 9.78. The molecule has 6 rings (SSSR count). The highest BCUT2D eigenvalue weighted by Gasteiger charge is 2.41. The summed E-state index contributed by atoms with van der Waals surface area (Å²) >= 11 is 0. The van der Waals surface area contributed by atoms with Gasteiger partial charge in [-0.25, -0.2) is 9.69 Å². The van der Waals surface area contributed by atoms with Crippen LogP contribution in [0.15, 0.2) is 59.9 Å². The van der Waals surface area contributed by atoms with Crippen molar-refractivity contribution in [3.8, 4) is 11.5 Å². The van der Waals surface area contributed by atoms with Gasteiger partial charge in [0.2, 0.25) is 6.79 Å². The number of nitrogens with one attached hydrogen (secondary N) is 1. The van der Waals surface area contributed by atoms with Gasteiger partial charge in [-0.15, -0.1) is 0 Å². The number of fused-ring (bicyclic) bond motifs is 4. The third-order valence-electron chi connectivity index (χ3n) is 6.69. The van der Waals surface area contributed by atoms with E-state index in [1.807, 2.05) is 42.5 Å². The van der Waals surface area contributed by atoms with Crippen LogP contribution in [-0.4, -0.2) is 40.8 Å². The van der Waals surface area contributed by atoms with Crippen molar-refractivity contribution in [1.29, 1.82) is 0 Å². The molecule has 3 aliphatic rings. The van der Waals surface area contributed by atoms with Gasteiger partial charge < -0.3 is 19.5 Å². The van der Waals surface area contributed by atoms with Crippen molar-refractivity contribution in [1.82, 2.24) is 9.88 Å². The number of hydrogen-bond donors (Lipinski definition) is 1. The van der Waals surface area contributed by atoms with Crippen molar-refractivity contribution in [2.75, 3.05) is 18.7 Å². The van der Waals surface area contributed by atoms with Crippen LogP contribution in [0, 0.1) is 0 Å². The number of carbonyl (C=O) groups is 2. The fourth-order valence-electron chi connectivity index (χ4n) is 5.14. The monoisotopic (exact) mass is 485 g/mol. The van der Waals surface area contributed by atoms with Crippen molar-refractivity contribution >= 4 is 28.6 Å². The van der Waals surface area contributed by atoms with Crippen LogP contribution in [-0.2, 0) is 16.0 Å². The molecule has 2 amide bonds. The van der Waals surface area contributed by atoms with E-state index in [4.69, 9.17) is 14.2 Å². The van der Waals surface area contributed by atoms with E-state index in [0.29, 0.717) is 29.9 Å². The van der Waals surface area contributed by atoms with Gasteiger partial charge in [-0.2, -0.15) is 0 Å². The lowest BCUT2D eigenvalue weighted by Crippen LogP contribution is -2.47. The molecular weight excluding hydrogens is 458 g/mol. The molecule has 0 radical (unpaired) electrons. The first kappa shape index (κ1) is 22.4. The zero-order chi connectivity index (χ0) is 25.0. The minimum absolute atomic E-state index is 0.201. The predicted octanol–water partition coefficient (Wildman–Crippen LogP) is 5.14. The van der Waals surface area contributed by atoms with Crippen LogP contribution in [0.3, 0.4) is 0 Å². The Bertz CT molecular complexity index is 1440. The maximum Gasteiger partial charge on any atom is 0.417 e. The van der Waals surface area contributed by atoms with E-state index in [1.54, 1.807) is 27.0 Å². The molecule has 36 heavy (non-hydrogen) atoms. The van der Waals surface area contributed by atoms with E-state index in [9.17, 15) is 9.59 Å². The number of carbonyl (C=O) groups excluding carboxylic acids is 2. The Hall–Kier alpha value is -4.07. The molecule has 0 saturated carbocycles. The average Bonchev–Trinajstić information content (AvgIpc) is 3.31.